The second kappa shape index (κ2) is 6.45. The molecule has 2 saturated heterocycles. The molecule has 134 valence electrons. The molecular weight excluding hydrogens is 316 g/mol. The molecule has 0 aromatic heterocycles. The number of amides is 2. The van der Waals surface area contributed by atoms with E-state index in [2.05, 4.69) is 17.0 Å². The van der Waals surface area contributed by atoms with E-state index >= 15 is 0 Å². The van der Waals surface area contributed by atoms with E-state index in [9.17, 15) is 9.59 Å². The van der Waals surface area contributed by atoms with Gasteiger partial charge < -0.3 is 14.9 Å². The van der Waals surface area contributed by atoms with Crippen molar-refractivity contribution in [3.05, 3.63) is 35.9 Å². The lowest BCUT2D eigenvalue weighted by molar-refractivity contribution is -0.146. The fourth-order valence-corrected chi connectivity index (χ4v) is 4.56. The Hall–Kier alpha value is -1.88. The van der Waals surface area contributed by atoms with Gasteiger partial charge in [0.25, 0.3) is 0 Å². The molecule has 0 bridgehead atoms. The minimum Gasteiger partial charge on any atom is -0.387 e. The van der Waals surface area contributed by atoms with Crippen LogP contribution in [0.25, 0.3) is 0 Å². The summed E-state index contributed by atoms with van der Waals surface area (Å²) in [7, 11) is 0. The third kappa shape index (κ3) is 3.17. The van der Waals surface area contributed by atoms with Gasteiger partial charge in [0, 0.05) is 25.7 Å². The molecule has 1 aromatic carbocycles. The first kappa shape index (κ1) is 16.6. The summed E-state index contributed by atoms with van der Waals surface area (Å²) in [6, 6.07) is 10.6. The highest BCUT2D eigenvalue weighted by Crippen LogP contribution is 2.48. The Morgan fingerprint density at radius 3 is 2.44 bits per heavy atom. The highest BCUT2D eigenvalue weighted by molar-refractivity contribution is 5.85. The molecule has 1 aromatic rings. The van der Waals surface area contributed by atoms with Crippen LogP contribution in [0.3, 0.4) is 0 Å². The molecular formula is C20H26N2O3. The van der Waals surface area contributed by atoms with E-state index in [1.54, 1.807) is 4.90 Å². The Morgan fingerprint density at radius 1 is 1.16 bits per heavy atom. The summed E-state index contributed by atoms with van der Waals surface area (Å²) in [6.45, 7) is 1.80. The molecule has 1 saturated carbocycles. The van der Waals surface area contributed by atoms with Crippen molar-refractivity contribution in [1.82, 2.24) is 9.80 Å². The Kier molecular flexibility index (Phi) is 4.28. The molecule has 2 amide bonds. The molecule has 1 N–H and O–H groups in total. The average Bonchev–Trinajstić information content (AvgIpc) is 3.49. The van der Waals surface area contributed by atoms with Gasteiger partial charge in [-0.1, -0.05) is 30.3 Å². The van der Waals surface area contributed by atoms with Crippen LogP contribution in [0.1, 0.15) is 43.6 Å². The van der Waals surface area contributed by atoms with E-state index in [1.807, 2.05) is 18.2 Å². The van der Waals surface area contributed by atoms with Crippen molar-refractivity contribution in [2.45, 2.75) is 44.1 Å². The zero-order valence-electron chi connectivity index (χ0n) is 14.6. The number of benzene rings is 1. The van der Waals surface area contributed by atoms with Gasteiger partial charge in [-0.05, 0) is 43.1 Å². The Balaban J connectivity index is 1.56. The number of hydrogen-bond acceptors (Lipinski definition) is 3. The highest BCUT2D eigenvalue weighted by atomic mass is 16.3. The molecule has 25 heavy (non-hydrogen) atoms. The minimum atomic E-state index is -0.410. The van der Waals surface area contributed by atoms with Crippen LogP contribution < -0.4 is 0 Å². The molecule has 2 aliphatic heterocycles. The third-order valence-electron chi connectivity index (χ3n) is 6.23. The Bertz CT molecular complexity index is 648. The van der Waals surface area contributed by atoms with Crippen LogP contribution in [0, 0.1) is 5.41 Å². The average molecular weight is 342 g/mol. The van der Waals surface area contributed by atoms with Gasteiger partial charge in [0.15, 0.2) is 0 Å². The monoisotopic (exact) mass is 342 g/mol. The summed E-state index contributed by atoms with van der Waals surface area (Å²) in [4.78, 5) is 28.7. The van der Waals surface area contributed by atoms with E-state index in [1.165, 1.54) is 0 Å². The normalized spacial score (nSPS) is 26.1. The van der Waals surface area contributed by atoms with Gasteiger partial charge in [-0.2, -0.15) is 0 Å². The third-order valence-corrected chi connectivity index (χ3v) is 6.23. The maximum absolute atomic E-state index is 13.1. The van der Waals surface area contributed by atoms with E-state index in [-0.39, 0.29) is 23.1 Å². The molecule has 5 heteroatoms. The van der Waals surface area contributed by atoms with Crippen molar-refractivity contribution in [2.75, 3.05) is 26.2 Å². The molecule has 1 aliphatic carbocycles. The summed E-state index contributed by atoms with van der Waals surface area (Å²) < 4.78 is 0. The number of rotatable bonds is 3. The molecule has 3 aliphatic rings. The summed E-state index contributed by atoms with van der Waals surface area (Å²) in [5.74, 6) is 0.0456. The zero-order chi connectivity index (χ0) is 17.4. The SMILES string of the molecule is O=C(CO)N1CCC2(CC1)CC(c1ccccc1)C(=O)N(C1CC1)C2. The number of aliphatic hydroxyl groups excluding tert-OH is 1. The maximum atomic E-state index is 13.1. The molecule has 1 spiro atoms. The fourth-order valence-electron chi connectivity index (χ4n) is 4.56. The van der Waals surface area contributed by atoms with Crippen molar-refractivity contribution >= 4 is 11.8 Å². The lowest BCUT2D eigenvalue weighted by Crippen LogP contribution is -2.55. The number of piperidine rings is 2. The van der Waals surface area contributed by atoms with Gasteiger partial charge in [-0.25, -0.2) is 0 Å². The Labute approximate surface area is 148 Å². The maximum Gasteiger partial charge on any atom is 0.248 e. The van der Waals surface area contributed by atoms with Crippen molar-refractivity contribution in [1.29, 1.82) is 0 Å². The van der Waals surface area contributed by atoms with Gasteiger partial charge in [0.1, 0.15) is 6.61 Å². The molecule has 5 nitrogen and oxygen atoms in total. The van der Waals surface area contributed by atoms with Crippen molar-refractivity contribution in [3.8, 4) is 0 Å². The number of carbonyl (C=O) groups is 2. The van der Waals surface area contributed by atoms with Crippen molar-refractivity contribution < 1.29 is 14.7 Å². The molecule has 1 unspecified atom stereocenters. The van der Waals surface area contributed by atoms with Gasteiger partial charge in [0.2, 0.25) is 11.8 Å². The summed E-state index contributed by atoms with van der Waals surface area (Å²) in [6.07, 6.45) is 4.95. The Morgan fingerprint density at radius 2 is 1.84 bits per heavy atom. The highest BCUT2D eigenvalue weighted by Gasteiger charge is 2.49. The number of likely N-dealkylation sites (tertiary alicyclic amines) is 2. The zero-order valence-corrected chi connectivity index (χ0v) is 14.6. The summed E-state index contributed by atoms with van der Waals surface area (Å²) >= 11 is 0. The second-order valence-corrected chi connectivity index (χ2v) is 7.90. The predicted molar refractivity (Wildman–Crippen MR) is 93.9 cm³/mol. The van der Waals surface area contributed by atoms with E-state index in [0.29, 0.717) is 19.1 Å². The molecule has 4 rings (SSSR count). The largest absolute Gasteiger partial charge is 0.387 e. The molecule has 1 atom stereocenters. The quantitative estimate of drug-likeness (QED) is 0.911. The van der Waals surface area contributed by atoms with Crippen LogP contribution in [0.2, 0.25) is 0 Å². The smallest absolute Gasteiger partial charge is 0.248 e. The van der Waals surface area contributed by atoms with E-state index in [0.717, 1.165) is 44.2 Å². The molecule has 2 heterocycles. The number of nitrogens with zero attached hydrogens (tertiary/aromatic N) is 2. The first-order chi connectivity index (χ1) is 12.1. The van der Waals surface area contributed by atoms with Crippen LogP contribution in [-0.4, -0.2) is 59.0 Å². The fraction of sp³-hybridized carbons (Fsp3) is 0.600. The molecule has 0 radical (unpaired) electrons. The lowest BCUT2D eigenvalue weighted by atomic mass is 9.67. The van der Waals surface area contributed by atoms with E-state index < -0.39 is 6.61 Å². The number of aliphatic hydroxyl groups is 1. The van der Waals surface area contributed by atoms with Crippen molar-refractivity contribution in [3.63, 3.8) is 0 Å². The van der Waals surface area contributed by atoms with Crippen LogP contribution in [-0.2, 0) is 9.59 Å². The standard InChI is InChI=1S/C20H26N2O3/c23-13-18(24)21-10-8-20(9-11-21)12-17(15-4-2-1-3-5-15)19(25)22(14-20)16-6-7-16/h1-5,16-17,23H,6-14H2. The molecule has 3 fully saturated rings. The summed E-state index contributed by atoms with van der Waals surface area (Å²) in [5, 5.41) is 9.09. The van der Waals surface area contributed by atoms with Gasteiger partial charge in [-0.3, -0.25) is 9.59 Å². The first-order valence-electron chi connectivity index (χ1n) is 9.36. The summed E-state index contributed by atoms with van der Waals surface area (Å²) in [5.41, 5.74) is 1.22. The van der Waals surface area contributed by atoms with Gasteiger partial charge in [0.05, 0.1) is 5.92 Å². The van der Waals surface area contributed by atoms with Gasteiger partial charge in [-0.15, -0.1) is 0 Å². The van der Waals surface area contributed by atoms with Crippen LogP contribution in [0.5, 0.6) is 0 Å². The van der Waals surface area contributed by atoms with Crippen LogP contribution in [0.15, 0.2) is 30.3 Å². The second-order valence-electron chi connectivity index (χ2n) is 7.90. The van der Waals surface area contributed by atoms with E-state index in [4.69, 9.17) is 5.11 Å². The topological polar surface area (TPSA) is 60.9 Å². The first-order valence-corrected chi connectivity index (χ1v) is 9.36. The number of hydrogen-bond donors (Lipinski definition) is 1. The van der Waals surface area contributed by atoms with Crippen LogP contribution >= 0.6 is 0 Å². The number of carbonyl (C=O) groups excluding carboxylic acids is 2. The lowest BCUT2D eigenvalue weighted by Gasteiger charge is -2.50. The predicted octanol–water partition coefficient (Wildman–Crippen LogP) is 1.77. The van der Waals surface area contributed by atoms with Crippen LogP contribution in [0.4, 0.5) is 0 Å². The minimum absolute atomic E-state index is 0.0596. The van der Waals surface area contributed by atoms with Gasteiger partial charge >= 0.3 is 0 Å². The van der Waals surface area contributed by atoms with Crippen molar-refractivity contribution in [2.24, 2.45) is 5.41 Å².